The second kappa shape index (κ2) is 5.24. The third-order valence-corrected chi connectivity index (χ3v) is 3.71. The molecule has 2 aromatic carbocycles. The van der Waals surface area contributed by atoms with Crippen LogP contribution in [0.2, 0.25) is 0 Å². The molecule has 1 N–H and O–H groups in total. The minimum atomic E-state index is -3.30. The molecule has 5 heteroatoms. The van der Waals surface area contributed by atoms with Crippen molar-refractivity contribution in [2.75, 3.05) is 6.26 Å². The molecule has 0 saturated carbocycles. The van der Waals surface area contributed by atoms with Gasteiger partial charge >= 0.3 is 0 Å². The van der Waals surface area contributed by atoms with E-state index < -0.39 is 9.84 Å². The van der Waals surface area contributed by atoms with E-state index in [1.54, 1.807) is 36.4 Å². The van der Waals surface area contributed by atoms with Crippen LogP contribution < -0.4 is 0 Å². The summed E-state index contributed by atoms with van der Waals surface area (Å²) in [4.78, 5) is 4.33. The number of phenols is 1. The van der Waals surface area contributed by atoms with Crippen LogP contribution in [0.15, 0.2) is 58.4 Å². The van der Waals surface area contributed by atoms with Crippen molar-refractivity contribution in [2.24, 2.45) is 4.99 Å². The lowest BCUT2D eigenvalue weighted by atomic mass is 10.2. The smallest absolute Gasteiger partial charge is 0.176 e. The van der Waals surface area contributed by atoms with E-state index in [1.165, 1.54) is 18.3 Å². The fourth-order valence-electron chi connectivity index (χ4n) is 1.64. The van der Waals surface area contributed by atoms with Crippen molar-refractivity contribution in [2.45, 2.75) is 4.90 Å². The van der Waals surface area contributed by atoms with E-state index in [4.69, 9.17) is 0 Å². The quantitative estimate of drug-likeness (QED) is 0.875. The summed E-state index contributed by atoms with van der Waals surface area (Å²) in [5.74, 6) is 0.0515. The number of benzene rings is 2. The monoisotopic (exact) mass is 275 g/mol. The minimum Gasteiger partial charge on any atom is -0.506 e. The summed E-state index contributed by atoms with van der Waals surface area (Å²) in [6, 6.07) is 13.2. The number of hydrogen-bond acceptors (Lipinski definition) is 4. The molecular weight excluding hydrogens is 262 g/mol. The molecule has 0 spiro atoms. The molecule has 2 aromatic rings. The third-order valence-electron chi connectivity index (χ3n) is 2.54. The maximum atomic E-state index is 11.6. The molecule has 0 aliphatic carbocycles. The molecule has 0 unspecified atom stereocenters. The minimum absolute atomic E-state index is 0.0515. The van der Waals surface area contributed by atoms with E-state index in [0.717, 1.165) is 6.26 Å². The van der Waals surface area contributed by atoms with Crippen LogP contribution in [0.3, 0.4) is 0 Å². The Morgan fingerprint density at radius 3 is 2.37 bits per heavy atom. The van der Waals surface area contributed by atoms with Crippen molar-refractivity contribution in [3.8, 4) is 5.75 Å². The highest BCUT2D eigenvalue weighted by Gasteiger charge is 2.10. The van der Waals surface area contributed by atoms with Gasteiger partial charge in [-0.1, -0.05) is 30.3 Å². The van der Waals surface area contributed by atoms with Crippen LogP contribution in [0.25, 0.3) is 0 Å². The molecular formula is C14H13NO3S. The number of phenolic OH excluding ortho intramolecular Hbond substituents is 1. The normalized spacial score (nSPS) is 11.8. The highest BCUT2D eigenvalue weighted by molar-refractivity contribution is 7.90. The van der Waals surface area contributed by atoms with Crippen molar-refractivity contribution >= 4 is 21.7 Å². The number of nitrogens with zero attached hydrogens (tertiary/aromatic N) is 1. The SMILES string of the molecule is CS(=O)(=O)c1ccccc1/C=N\c1ccccc1O. The Labute approximate surface area is 112 Å². The first-order chi connectivity index (χ1) is 8.98. The zero-order valence-electron chi connectivity index (χ0n) is 10.3. The van der Waals surface area contributed by atoms with E-state index in [1.807, 2.05) is 0 Å². The van der Waals surface area contributed by atoms with E-state index >= 15 is 0 Å². The average molecular weight is 275 g/mol. The van der Waals surface area contributed by atoms with Gasteiger partial charge in [0.2, 0.25) is 0 Å². The van der Waals surface area contributed by atoms with Gasteiger partial charge in [-0.2, -0.15) is 0 Å². The number of aromatic hydroxyl groups is 1. The topological polar surface area (TPSA) is 66.7 Å². The summed E-state index contributed by atoms with van der Waals surface area (Å²) in [5, 5.41) is 9.59. The van der Waals surface area contributed by atoms with Gasteiger partial charge in [-0.25, -0.2) is 8.42 Å². The second-order valence-electron chi connectivity index (χ2n) is 4.06. The highest BCUT2D eigenvalue weighted by Crippen LogP contribution is 2.25. The Balaban J connectivity index is 2.43. The summed E-state index contributed by atoms with van der Waals surface area (Å²) in [5.41, 5.74) is 0.888. The zero-order chi connectivity index (χ0) is 13.9. The summed E-state index contributed by atoms with van der Waals surface area (Å²) in [6.45, 7) is 0. The molecule has 98 valence electrons. The largest absolute Gasteiger partial charge is 0.506 e. The van der Waals surface area contributed by atoms with E-state index in [0.29, 0.717) is 11.3 Å². The molecule has 0 amide bonds. The number of para-hydroxylation sites is 2. The van der Waals surface area contributed by atoms with Gasteiger partial charge in [0.05, 0.1) is 4.90 Å². The van der Waals surface area contributed by atoms with Crippen LogP contribution in [0.4, 0.5) is 5.69 Å². The van der Waals surface area contributed by atoms with Gasteiger partial charge in [0.1, 0.15) is 11.4 Å². The fraction of sp³-hybridized carbons (Fsp3) is 0.0714. The molecule has 2 rings (SSSR count). The lowest BCUT2D eigenvalue weighted by Crippen LogP contribution is -2.01. The third kappa shape index (κ3) is 3.20. The van der Waals surface area contributed by atoms with Crippen LogP contribution in [0, 0.1) is 0 Å². The maximum Gasteiger partial charge on any atom is 0.176 e. The fourth-order valence-corrected chi connectivity index (χ4v) is 2.51. The van der Waals surface area contributed by atoms with Crippen LogP contribution in [-0.4, -0.2) is 26.0 Å². The van der Waals surface area contributed by atoms with Gasteiger partial charge < -0.3 is 5.11 Å². The van der Waals surface area contributed by atoms with Crippen molar-refractivity contribution < 1.29 is 13.5 Å². The molecule has 0 saturated heterocycles. The summed E-state index contributed by atoms with van der Waals surface area (Å²) < 4.78 is 23.2. The molecule has 0 radical (unpaired) electrons. The van der Waals surface area contributed by atoms with Gasteiger partial charge in [-0.3, -0.25) is 4.99 Å². The van der Waals surface area contributed by atoms with Gasteiger partial charge in [0.15, 0.2) is 9.84 Å². The van der Waals surface area contributed by atoms with E-state index in [9.17, 15) is 13.5 Å². The first-order valence-electron chi connectivity index (χ1n) is 5.59. The molecule has 0 heterocycles. The molecule has 0 aromatic heterocycles. The van der Waals surface area contributed by atoms with Crippen LogP contribution >= 0.6 is 0 Å². The molecule has 19 heavy (non-hydrogen) atoms. The zero-order valence-corrected chi connectivity index (χ0v) is 11.1. The standard InChI is InChI=1S/C14H13NO3S/c1-19(17,18)14-9-5-2-6-11(14)10-15-12-7-3-4-8-13(12)16/h2-10,16H,1H3/b15-10-. The highest BCUT2D eigenvalue weighted by atomic mass is 32.2. The molecule has 0 aliphatic heterocycles. The number of hydrogen-bond donors (Lipinski definition) is 1. The lowest BCUT2D eigenvalue weighted by molar-refractivity contribution is 0.477. The Morgan fingerprint density at radius 2 is 1.68 bits per heavy atom. The van der Waals surface area contributed by atoms with Gasteiger partial charge in [-0.05, 0) is 18.2 Å². The molecule has 0 fully saturated rings. The molecule has 4 nitrogen and oxygen atoms in total. The van der Waals surface area contributed by atoms with Crippen molar-refractivity contribution in [3.05, 3.63) is 54.1 Å². The van der Waals surface area contributed by atoms with Gasteiger partial charge in [0.25, 0.3) is 0 Å². The van der Waals surface area contributed by atoms with Gasteiger partial charge in [0, 0.05) is 18.0 Å². The lowest BCUT2D eigenvalue weighted by Gasteiger charge is -2.03. The number of sulfone groups is 1. The number of rotatable bonds is 3. The first-order valence-corrected chi connectivity index (χ1v) is 7.49. The summed E-state index contributed by atoms with van der Waals surface area (Å²) in [6.07, 6.45) is 2.59. The van der Waals surface area contributed by atoms with Crippen molar-refractivity contribution in [3.63, 3.8) is 0 Å². The second-order valence-corrected chi connectivity index (χ2v) is 6.04. The van der Waals surface area contributed by atoms with E-state index in [2.05, 4.69) is 4.99 Å². The maximum absolute atomic E-state index is 11.6. The molecule has 0 bridgehead atoms. The average Bonchev–Trinajstić information content (AvgIpc) is 2.37. The Kier molecular flexibility index (Phi) is 3.66. The first kappa shape index (κ1) is 13.3. The van der Waals surface area contributed by atoms with Crippen molar-refractivity contribution in [1.82, 2.24) is 0 Å². The van der Waals surface area contributed by atoms with E-state index in [-0.39, 0.29) is 10.6 Å². The Hall–Kier alpha value is -2.14. The Morgan fingerprint density at radius 1 is 1.05 bits per heavy atom. The van der Waals surface area contributed by atoms with Crippen LogP contribution in [0.5, 0.6) is 5.75 Å². The van der Waals surface area contributed by atoms with Crippen LogP contribution in [-0.2, 0) is 9.84 Å². The van der Waals surface area contributed by atoms with Crippen molar-refractivity contribution in [1.29, 1.82) is 0 Å². The predicted molar refractivity (Wildman–Crippen MR) is 74.9 cm³/mol. The molecule has 0 aliphatic rings. The predicted octanol–water partition coefficient (Wildman–Crippen LogP) is 2.55. The summed E-state index contributed by atoms with van der Waals surface area (Å²) >= 11 is 0. The molecule has 0 atom stereocenters. The van der Waals surface area contributed by atoms with Crippen LogP contribution in [0.1, 0.15) is 5.56 Å². The Bertz CT molecular complexity index is 721. The number of aliphatic imine (C=N–C) groups is 1. The summed E-state index contributed by atoms with van der Waals surface area (Å²) in [7, 11) is -3.30. The van der Waals surface area contributed by atoms with Gasteiger partial charge in [-0.15, -0.1) is 0 Å².